The van der Waals surface area contributed by atoms with Crippen molar-refractivity contribution < 1.29 is 0 Å². The summed E-state index contributed by atoms with van der Waals surface area (Å²) in [6, 6.07) is 49.9. The van der Waals surface area contributed by atoms with Crippen LogP contribution in [0, 0.1) is 0 Å². The topological polar surface area (TPSA) is 8.17 Å². The molecule has 2 nitrogen and oxygen atoms in total. The molecule has 7 aromatic rings. The summed E-state index contributed by atoms with van der Waals surface area (Å²) >= 11 is 0. The number of hydrogen-bond donors (Lipinski definition) is 0. The van der Waals surface area contributed by atoms with Crippen molar-refractivity contribution in [3.63, 3.8) is 0 Å². The molecule has 0 aliphatic carbocycles. The van der Waals surface area contributed by atoms with Crippen molar-refractivity contribution in [3.8, 4) is 11.1 Å². The lowest BCUT2D eigenvalue weighted by Crippen LogP contribution is -2.09. The molecule has 0 bridgehead atoms. The summed E-state index contributed by atoms with van der Waals surface area (Å²) in [7, 11) is 2.17. The van der Waals surface area contributed by atoms with E-state index in [4.69, 9.17) is 0 Å². The third-order valence-corrected chi connectivity index (χ3v) is 7.39. The van der Waals surface area contributed by atoms with Gasteiger partial charge >= 0.3 is 0 Å². The maximum atomic E-state index is 2.32. The minimum absolute atomic E-state index is 1.14. The van der Waals surface area contributed by atoms with Crippen LogP contribution in [0.1, 0.15) is 0 Å². The van der Waals surface area contributed by atoms with E-state index in [1.165, 1.54) is 43.7 Å². The molecule has 1 aromatic heterocycles. The van der Waals surface area contributed by atoms with Crippen LogP contribution in [-0.2, 0) is 7.05 Å². The molecule has 0 fully saturated rings. The Balaban J connectivity index is 1.42. The lowest BCUT2D eigenvalue weighted by atomic mass is 9.96. The van der Waals surface area contributed by atoms with Gasteiger partial charge in [-0.3, -0.25) is 0 Å². The van der Waals surface area contributed by atoms with E-state index >= 15 is 0 Å². The quantitative estimate of drug-likeness (QED) is 0.246. The van der Waals surface area contributed by atoms with E-state index in [0.717, 1.165) is 17.1 Å². The summed E-state index contributed by atoms with van der Waals surface area (Å²) < 4.78 is 2.32. The Bertz CT molecular complexity index is 1830. The van der Waals surface area contributed by atoms with Crippen LogP contribution in [0.3, 0.4) is 0 Å². The molecule has 7 rings (SSSR count). The predicted molar refractivity (Wildman–Crippen MR) is 158 cm³/mol. The van der Waals surface area contributed by atoms with Crippen molar-refractivity contribution in [2.75, 3.05) is 4.90 Å². The van der Waals surface area contributed by atoms with Gasteiger partial charge in [0.1, 0.15) is 0 Å². The van der Waals surface area contributed by atoms with E-state index in [1.807, 2.05) is 0 Å². The molecular formula is C35H26N2. The molecule has 0 aliphatic rings. The zero-order valence-corrected chi connectivity index (χ0v) is 20.7. The average Bonchev–Trinajstić information content (AvgIpc) is 3.27. The Labute approximate surface area is 216 Å². The number of para-hydroxylation sites is 2. The van der Waals surface area contributed by atoms with Gasteiger partial charge in [0, 0.05) is 45.9 Å². The Morgan fingerprint density at radius 3 is 1.76 bits per heavy atom. The first-order chi connectivity index (χ1) is 18.3. The van der Waals surface area contributed by atoms with Crippen LogP contribution in [0.25, 0.3) is 43.7 Å². The minimum atomic E-state index is 1.14. The van der Waals surface area contributed by atoms with Gasteiger partial charge in [0.15, 0.2) is 0 Å². The number of aromatic nitrogens is 1. The average molecular weight is 475 g/mol. The molecule has 1 heterocycles. The zero-order valence-electron chi connectivity index (χ0n) is 20.7. The van der Waals surface area contributed by atoms with Gasteiger partial charge in [-0.1, -0.05) is 91.0 Å². The van der Waals surface area contributed by atoms with Crippen molar-refractivity contribution in [2.24, 2.45) is 7.05 Å². The molecule has 6 aromatic carbocycles. The fourth-order valence-corrected chi connectivity index (χ4v) is 5.65. The summed E-state index contributed by atoms with van der Waals surface area (Å²) in [6.07, 6.45) is 0. The first-order valence-electron chi connectivity index (χ1n) is 12.7. The molecule has 0 spiro atoms. The van der Waals surface area contributed by atoms with Gasteiger partial charge in [-0.25, -0.2) is 0 Å². The number of benzene rings is 6. The van der Waals surface area contributed by atoms with Gasteiger partial charge in [0.25, 0.3) is 0 Å². The van der Waals surface area contributed by atoms with Crippen molar-refractivity contribution >= 4 is 49.6 Å². The van der Waals surface area contributed by atoms with E-state index in [2.05, 4.69) is 156 Å². The lowest BCUT2D eigenvalue weighted by Gasteiger charge is -2.25. The summed E-state index contributed by atoms with van der Waals surface area (Å²) in [4.78, 5) is 2.30. The van der Waals surface area contributed by atoms with Crippen molar-refractivity contribution in [1.29, 1.82) is 0 Å². The SMILES string of the molecule is Cn1c2cccc(-c3ccc(N(c4ccccc4)c4ccccc4)cc3)c2c2c3ccccc3ccc21. The minimum Gasteiger partial charge on any atom is -0.344 e. The summed E-state index contributed by atoms with van der Waals surface area (Å²) in [5.74, 6) is 0. The maximum Gasteiger partial charge on any atom is 0.0495 e. The zero-order chi connectivity index (χ0) is 24.8. The highest BCUT2D eigenvalue weighted by molar-refractivity contribution is 6.24. The highest BCUT2D eigenvalue weighted by atomic mass is 15.1. The van der Waals surface area contributed by atoms with Crippen LogP contribution >= 0.6 is 0 Å². The standard InChI is InChI=1S/C35H26N2/c1-36-32-18-10-17-31(34(32)35-30-16-9-8-11-25(30)21-24-33(35)36)26-19-22-29(23-20-26)37(27-12-4-2-5-13-27)28-14-6-3-7-15-28/h2-24H,1H3. The molecule has 0 N–H and O–H groups in total. The predicted octanol–water partition coefficient (Wildman–Crippen LogP) is 9.62. The third-order valence-electron chi connectivity index (χ3n) is 7.39. The Morgan fingerprint density at radius 2 is 1.05 bits per heavy atom. The van der Waals surface area contributed by atoms with E-state index in [9.17, 15) is 0 Å². The van der Waals surface area contributed by atoms with Gasteiger partial charge in [0.05, 0.1) is 0 Å². The molecule has 0 saturated heterocycles. The summed E-state index contributed by atoms with van der Waals surface area (Å²) in [6.45, 7) is 0. The molecule has 0 saturated carbocycles. The molecule has 0 unspecified atom stereocenters. The van der Waals surface area contributed by atoms with Crippen LogP contribution in [0.5, 0.6) is 0 Å². The fourth-order valence-electron chi connectivity index (χ4n) is 5.65. The molecule has 37 heavy (non-hydrogen) atoms. The first-order valence-corrected chi connectivity index (χ1v) is 12.7. The molecule has 0 atom stereocenters. The number of fused-ring (bicyclic) bond motifs is 5. The Hall–Kier alpha value is -4.82. The normalized spacial score (nSPS) is 11.4. The molecule has 176 valence electrons. The molecule has 0 amide bonds. The Morgan fingerprint density at radius 1 is 0.459 bits per heavy atom. The third kappa shape index (κ3) is 3.49. The number of aryl methyl sites for hydroxylation is 1. The highest BCUT2D eigenvalue weighted by Gasteiger charge is 2.16. The summed E-state index contributed by atoms with van der Waals surface area (Å²) in [5, 5.41) is 5.21. The largest absolute Gasteiger partial charge is 0.344 e. The number of rotatable bonds is 4. The molecule has 0 aliphatic heterocycles. The molecular weight excluding hydrogens is 448 g/mol. The second-order valence-corrected chi connectivity index (χ2v) is 9.49. The van der Waals surface area contributed by atoms with Crippen molar-refractivity contribution in [3.05, 3.63) is 140 Å². The van der Waals surface area contributed by atoms with Crippen LogP contribution in [-0.4, -0.2) is 4.57 Å². The smallest absolute Gasteiger partial charge is 0.0495 e. The second kappa shape index (κ2) is 8.69. The van der Waals surface area contributed by atoms with E-state index in [-0.39, 0.29) is 0 Å². The van der Waals surface area contributed by atoms with E-state index in [1.54, 1.807) is 0 Å². The summed E-state index contributed by atoms with van der Waals surface area (Å²) in [5.41, 5.74) is 8.41. The molecule has 2 heteroatoms. The van der Waals surface area contributed by atoms with Gasteiger partial charge in [-0.05, 0) is 70.4 Å². The maximum absolute atomic E-state index is 2.32. The van der Waals surface area contributed by atoms with Crippen LogP contribution < -0.4 is 4.90 Å². The van der Waals surface area contributed by atoms with Crippen molar-refractivity contribution in [2.45, 2.75) is 0 Å². The lowest BCUT2D eigenvalue weighted by molar-refractivity contribution is 1.01. The van der Waals surface area contributed by atoms with Gasteiger partial charge in [-0.2, -0.15) is 0 Å². The van der Waals surface area contributed by atoms with Crippen LogP contribution in [0.2, 0.25) is 0 Å². The molecule has 0 radical (unpaired) electrons. The number of nitrogens with zero attached hydrogens (tertiary/aromatic N) is 2. The van der Waals surface area contributed by atoms with E-state index in [0.29, 0.717) is 0 Å². The van der Waals surface area contributed by atoms with E-state index < -0.39 is 0 Å². The first kappa shape index (κ1) is 21.5. The highest BCUT2D eigenvalue weighted by Crippen LogP contribution is 2.41. The van der Waals surface area contributed by atoms with Crippen LogP contribution in [0.15, 0.2) is 140 Å². The van der Waals surface area contributed by atoms with Gasteiger partial charge < -0.3 is 9.47 Å². The monoisotopic (exact) mass is 474 g/mol. The van der Waals surface area contributed by atoms with Crippen molar-refractivity contribution in [1.82, 2.24) is 4.57 Å². The fraction of sp³-hybridized carbons (Fsp3) is 0.0286. The Kier molecular flexibility index (Phi) is 5.04. The van der Waals surface area contributed by atoms with Crippen LogP contribution in [0.4, 0.5) is 17.1 Å². The second-order valence-electron chi connectivity index (χ2n) is 9.49. The van der Waals surface area contributed by atoms with Gasteiger partial charge in [0.2, 0.25) is 0 Å². The number of hydrogen-bond acceptors (Lipinski definition) is 1. The van der Waals surface area contributed by atoms with Gasteiger partial charge in [-0.15, -0.1) is 0 Å². The number of anilines is 3.